The molecule has 2 rings (SSSR count). The minimum atomic E-state index is 0.0178. The van der Waals surface area contributed by atoms with Gasteiger partial charge in [0.2, 0.25) is 0 Å². The Kier molecular flexibility index (Phi) is 5.04. The highest BCUT2D eigenvalue weighted by Gasteiger charge is 2.34. The molecule has 2 fully saturated rings. The third-order valence-corrected chi connectivity index (χ3v) is 4.34. The third kappa shape index (κ3) is 3.98. The number of piperidine rings is 1. The van der Waals surface area contributed by atoms with E-state index in [1.165, 1.54) is 12.8 Å². The van der Waals surface area contributed by atoms with Crippen molar-refractivity contribution in [3.8, 4) is 0 Å². The van der Waals surface area contributed by atoms with E-state index in [4.69, 9.17) is 4.74 Å². The molecule has 0 amide bonds. The van der Waals surface area contributed by atoms with E-state index in [2.05, 4.69) is 19.2 Å². The van der Waals surface area contributed by atoms with Crippen LogP contribution in [0, 0.1) is 11.8 Å². The Balaban J connectivity index is 1.65. The molecule has 2 aliphatic rings. The fourth-order valence-corrected chi connectivity index (χ4v) is 3.45. The zero-order chi connectivity index (χ0) is 13.0. The van der Waals surface area contributed by atoms with Crippen LogP contribution >= 0.6 is 0 Å². The maximum absolute atomic E-state index is 11.8. The summed E-state index contributed by atoms with van der Waals surface area (Å²) in [7, 11) is 0. The lowest BCUT2D eigenvalue weighted by molar-refractivity contribution is -0.146. The van der Waals surface area contributed by atoms with Crippen LogP contribution in [0.1, 0.15) is 58.8 Å². The average molecular weight is 253 g/mol. The second-order valence-corrected chi connectivity index (χ2v) is 6.26. The minimum Gasteiger partial charge on any atom is -0.465 e. The molecule has 2 heterocycles. The van der Waals surface area contributed by atoms with Crippen molar-refractivity contribution in [3.63, 3.8) is 0 Å². The molecule has 104 valence electrons. The van der Waals surface area contributed by atoms with Crippen molar-refractivity contribution in [2.45, 2.75) is 70.9 Å². The molecule has 2 bridgehead atoms. The number of rotatable bonds is 6. The van der Waals surface area contributed by atoms with Crippen molar-refractivity contribution in [1.29, 1.82) is 0 Å². The van der Waals surface area contributed by atoms with Crippen LogP contribution in [0.2, 0.25) is 0 Å². The van der Waals surface area contributed by atoms with Crippen molar-refractivity contribution in [2.24, 2.45) is 11.8 Å². The van der Waals surface area contributed by atoms with Crippen LogP contribution in [0.25, 0.3) is 0 Å². The second-order valence-electron chi connectivity index (χ2n) is 6.26. The van der Waals surface area contributed by atoms with Gasteiger partial charge in [-0.15, -0.1) is 0 Å². The lowest BCUT2D eigenvalue weighted by Gasteiger charge is -2.28. The molecule has 0 spiro atoms. The Morgan fingerprint density at radius 2 is 2.00 bits per heavy atom. The van der Waals surface area contributed by atoms with Gasteiger partial charge in [0.1, 0.15) is 0 Å². The van der Waals surface area contributed by atoms with E-state index < -0.39 is 0 Å². The summed E-state index contributed by atoms with van der Waals surface area (Å²) in [6.07, 6.45) is 7.86. The lowest BCUT2D eigenvalue weighted by atomic mass is 9.90. The highest BCUT2D eigenvalue weighted by molar-refractivity contribution is 5.69. The molecule has 2 aliphatic heterocycles. The zero-order valence-electron chi connectivity index (χ0n) is 11.8. The second kappa shape index (κ2) is 6.55. The molecule has 1 N–H and O–H groups in total. The maximum atomic E-state index is 11.8. The first kappa shape index (κ1) is 13.9. The van der Waals surface area contributed by atoms with Crippen molar-refractivity contribution in [2.75, 3.05) is 6.61 Å². The van der Waals surface area contributed by atoms with Crippen LogP contribution in [0.5, 0.6) is 0 Å². The summed E-state index contributed by atoms with van der Waals surface area (Å²) in [5, 5.41) is 3.61. The fourth-order valence-electron chi connectivity index (χ4n) is 3.45. The Morgan fingerprint density at radius 1 is 1.33 bits per heavy atom. The Labute approximate surface area is 111 Å². The predicted octanol–water partition coefficient (Wildman–Crippen LogP) is 2.89. The molecule has 0 aromatic heterocycles. The lowest BCUT2D eigenvalue weighted by Crippen LogP contribution is -2.38. The predicted molar refractivity (Wildman–Crippen MR) is 72.3 cm³/mol. The van der Waals surface area contributed by atoms with Gasteiger partial charge in [-0.25, -0.2) is 0 Å². The third-order valence-electron chi connectivity index (χ3n) is 4.34. The van der Waals surface area contributed by atoms with Gasteiger partial charge in [-0.3, -0.25) is 4.79 Å². The summed E-state index contributed by atoms with van der Waals surface area (Å²) < 4.78 is 5.39. The van der Waals surface area contributed by atoms with Gasteiger partial charge in [0.25, 0.3) is 0 Å². The number of carbonyl (C=O) groups is 1. The molecule has 0 radical (unpaired) electrons. The van der Waals surface area contributed by atoms with Gasteiger partial charge in [-0.05, 0) is 43.9 Å². The van der Waals surface area contributed by atoms with Crippen LogP contribution < -0.4 is 5.32 Å². The molecule has 3 heteroatoms. The monoisotopic (exact) mass is 253 g/mol. The molecule has 2 saturated heterocycles. The highest BCUT2D eigenvalue weighted by Crippen LogP contribution is 2.32. The average Bonchev–Trinajstić information content (AvgIpc) is 2.67. The van der Waals surface area contributed by atoms with E-state index >= 15 is 0 Å². The molecule has 18 heavy (non-hydrogen) atoms. The van der Waals surface area contributed by atoms with Crippen molar-refractivity contribution >= 4 is 5.97 Å². The van der Waals surface area contributed by atoms with Crippen LogP contribution in [0.15, 0.2) is 0 Å². The van der Waals surface area contributed by atoms with Gasteiger partial charge < -0.3 is 10.1 Å². The number of fused-ring (bicyclic) bond motifs is 2. The number of nitrogens with one attached hydrogen (secondary N) is 1. The molecule has 3 atom stereocenters. The van der Waals surface area contributed by atoms with E-state index in [1.54, 1.807) is 0 Å². The van der Waals surface area contributed by atoms with Crippen LogP contribution in [-0.4, -0.2) is 24.7 Å². The smallest absolute Gasteiger partial charge is 0.306 e. The summed E-state index contributed by atoms with van der Waals surface area (Å²) >= 11 is 0. The van der Waals surface area contributed by atoms with Gasteiger partial charge in [-0.1, -0.05) is 20.3 Å². The van der Waals surface area contributed by atoms with Crippen molar-refractivity contribution in [3.05, 3.63) is 0 Å². The first-order valence-corrected chi connectivity index (χ1v) is 7.59. The highest BCUT2D eigenvalue weighted by atomic mass is 16.5. The summed E-state index contributed by atoms with van der Waals surface area (Å²) in [6, 6.07) is 1.33. The standard InChI is InChI=1S/C15H27NO2/c1-3-4-11(2)10-18-15(17)9-12-7-13-5-6-14(8-12)16-13/h11-14,16H,3-10H2,1-2H3. The van der Waals surface area contributed by atoms with Crippen LogP contribution in [0.3, 0.4) is 0 Å². The molecular weight excluding hydrogens is 226 g/mol. The number of hydrogen-bond donors (Lipinski definition) is 1. The molecule has 0 aliphatic carbocycles. The van der Waals surface area contributed by atoms with E-state index in [9.17, 15) is 4.79 Å². The van der Waals surface area contributed by atoms with Gasteiger partial charge in [0.15, 0.2) is 0 Å². The number of hydrogen-bond acceptors (Lipinski definition) is 3. The summed E-state index contributed by atoms with van der Waals surface area (Å²) in [5.74, 6) is 1.07. The van der Waals surface area contributed by atoms with Gasteiger partial charge in [-0.2, -0.15) is 0 Å². The molecule has 0 aromatic rings. The SMILES string of the molecule is CCCC(C)COC(=O)CC1CC2CCC(C1)N2. The fraction of sp³-hybridized carbons (Fsp3) is 0.933. The van der Waals surface area contributed by atoms with Gasteiger partial charge in [0, 0.05) is 18.5 Å². The maximum Gasteiger partial charge on any atom is 0.306 e. The van der Waals surface area contributed by atoms with E-state index in [1.807, 2.05) is 0 Å². The summed E-state index contributed by atoms with van der Waals surface area (Å²) in [5.41, 5.74) is 0. The van der Waals surface area contributed by atoms with Crippen molar-refractivity contribution in [1.82, 2.24) is 5.32 Å². The van der Waals surface area contributed by atoms with Crippen LogP contribution in [-0.2, 0) is 9.53 Å². The topological polar surface area (TPSA) is 38.3 Å². The first-order valence-electron chi connectivity index (χ1n) is 7.59. The molecule has 3 nitrogen and oxygen atoms in total. The molecular formula is C15H27NO2. The van der Waals surface area contributed by atoms with Gasteiger partial charge >= 0.3 is 5.97 Å². The van der Waals surface area contributed by atoms with Gasteiger partial charge in [0.05, 0.1) is 6.61 Å². The Bertz CT molecular complexity index is 268. The number of esters is 1. The minimum absolute atomic E-state index is 0.0178. The van der Waals surface area contributed by atoms with Crippen molar-refractivity contribution < 1.29 is 9.53 Å². The van der Waals surface area contributed by atoms with Crippen LogP contribution in [0.4, 0.5) is 0 Å². The summed E-state index contributed by atoms with van der Waals surface area (Å²) in [4.78, 5) is 11.8. The molecule has 0 aromatic carbocycles. The van der Waals surface area contributed by atoms with E-state index in [-0.39, 0.29) is 5.97 Å². The van der Waals surface area contributed by atoms with E-state index in [0.717, 1.165) is 25.7 Å². The number of ether oxygens (including phenoxy) is 1. The summed E-state index contributed by atoms with van der Waals surface area (Å²) in [6.45, 7) is 4.93. The van der Waals surface area contributed by atoms with E-state index in [0.29, 0.717) is 36.9 Å². The quantitative estimate of drug-likeness (QED) is 0.740. The number of carbonyl (C=O) groups excluding carboxylic acids is 1. The largest absolute Gasteiger partial charge is 0.465 e. The Hall–Kier alpha value is -0.570. The molecule has 3 unspecified atom stereocenters. The Morgan fingerprint density at radius 3 is 2.61 bits per heavy atom. The first-order chi connectivity index (χ1) is 8.67. The normalized spacial score (nSPS) is 32.2. The zero-order valence-corrected chi connectivity index (χ0v) is 11.8. The molecule has 0 saturated carbocycles.